The second-order valence-corrected chi connectivity index (χ2v) is 5.30. The van der Waals surface area contributed by atoms with E-state index >= 15 is 0 Å². The predicted octanol–water partition coefficient (Wildman–Crippen LogP) is 0.837. The van der Waals surface area contributed by atoms with Crippen molar-refractivity contribution in [3.63, 3.8) is 0 Å². The lowest BCUT2D eigenvalue weighted by molar-refractivity contribution is -0.138. The number of sulfonamides is 1. The van der Waals surface area contributed by atoms with Crippen LogP contribution < -0.4 is 9.46 Å². The van der Waals surface area contributed by atoms with Crippen LogP contribution in [0.3, 0.4) is 0 Å². The molecule has 0 aromatic heterocycles. The maximum Gasteiger partial charge on any atom is 0.321 e. The summed E-state index contributed by atoms with van der Waals surface area (Å²) in [6.45, 7) is 3.46. The van der Waals surface area contributed by atoms with Crippen molar-refractivity contribution >= 4 is 16.0 Å². The summed E-state index contributed by atoms with van der Waals surface area (Å²) in [6.07, 6.45) is 0. The Labute approximate surface area is 106 Å². The Hall–Kier alpha value is -1.60. The molecule has 0 unspecified atom stereocenters. The van der Waals surface area contributed by atoms with Crippen LogP contribution in [0.15, 0.2) is 29.2 Å². The van der Waals surface area contributed by atoms with Crippen molar-refractivity contribution in [3.05, 3.63) is 24.3 Å². The fourth-order valence-electron chi connectivity index (χ4n) is 1.25. The zero-order chi connectivity index (χ0) is 13.8. The van der Waals surface area contributed by atoms with Gasteiger partial charge in [0.15, 0.2) is 0 Å². The van der Waals surface area contributed by atoms with Crippen LogP contribution in [0.4, 0.5) is 0 Å². The number of aliphatic carboxylic acids is 1. The fraction of sp³-hybridized carbons (Fsp3) is 0.364. The van der Waals surface area contributed by atoms with Crippen LogP contribution in [0.1, 0.15) is 13.8 Å². The molecular formula is C11H15NO5S. The van der Waals surface area contributed by atoms with Crippen LogP contribution >= 0.6 is 0 Å². The van der Waals surface area contributed by atoms with Crippen molar-refractivity contribution in [1.29, 1.82) is 0 Å². The van der Waals surface area contributed by atoms with Gasteiger partial charge in [0.2, 0.25) is 10.0 Å². The first-order valence-electron chi connectivity index (χ1n) is 5.35. The smallest absolute Gasteiger partial charge is 0.321 e. The summed E-state index contributed by atoms with van der Waals surface area (Å²) in [5.74, 6) is -0.817. The summed E-state index contributed by atoms with van der Waals surface area (Å²) in [7, 11) is -3.86. The van der Waals surface area contributed by atoms with Gasteiger partial charge in [0.25, 0.3) is 0 Å². The van der Waals surface area contributed by atoms with E-state index in [0.717, 1.165) is 0 Å². The highest BCUT2D eigenvalue weighted by atomic mass is 32.2. The van der Waals surface area contributed by atoms with Gasteiger partial charge in [0.05, 0.1) is 11.5 Å². The molecule has 18 heavy (non-hydrogen) atoms. The number of carboxylic acids is 1. The first kappa shape index (κ1) is 14.5. The van der Waals surface area contributed by atoms with E-state index in [1.165, 1.54) is 25.1 Å². The summed E-state index contributed by atoms with van der Waals surface area (Å²) < 4.78 is 31.0. The van der Waals surface area contributed by atoms with Gasteiger partial charge in [-0.05, 0) is 26.0 Å². The van der Waals surface area contributed by atoms with Crippen LogP contribution in [0.2, 0.25) is 0 Å². The largest absolute Gasteiger partial charge is 0.494 e. The van der Waals surface area contributed by atoms with Crippen molar-refractivity contribution in [2.45, 2.75) is 24.8 Å². The van der Waals surface area contributed by atoms with E-state index in [2.05, 4.69) is 4.72 Å². The molecule has 0 heterocycles. The van der Waals surface area contributed by atoms with Gasteiger partial charge in [-0.3, -0.25) is 4.79 Å². The number of rotatable bonds is 6. The molecular weight excluding hydrogens is 258 g/mol. The van der Waals surface area contributed by atoms with Crippen molar-refractivity contribution in [2.75, 3.05) is 6.61 Å². The molecule has 2 N–H and O–H groups in total. The summed E-state index contributed by atoms with van der Waals surface area (Å²) in [6, 6.07) is 4.69. The number of ether oxygens (including phenoxy) is 1. The molecule has 6 nitrogen and oxygen atoms in total. The van der Waals surface area contributed by atoms with Crippen molar-refractivity contribution in [1.82, 2.24) is 4.72 Å². The SMILES string of the molecule is CCOc1cccc(S(=O)(=O)N[C@H](C)C(=O)O)c1. The average Bonchev–Trinajstić information content (AvgIpc) is 2.29. The van der Waals surface area contributed by atoms with E-state index in [0.29, 0.717) is 12.4 Å². The minimum Gasteiger partial charge on any atom is -0.494 e. The monoisotopic (exact) mass is 273 g/mol. The third kappa shape index (κ3) is 3.71. The fourth-order valence-corrected chi connectivity index (χ4v) is 2.48. The van der Waals surface area contributed by atoms with Crippen molar-refractivity contribution in [2.24, 2.45) is 0 Å². The summed E-state index contributed by atoms with van der Waals surface area (Å²) in [4.78, 5) is 10.6. The van der Waals surface area contributed by atoms with Gasteiger partial charge in [-0.25, -0.2) is 8.42 Å². The Morgan fingerprint density at radius 2 is 2.17 bits per heavy atom. The topological polar surface area (TPSA) is 92.7 Å². The van der Waals surface area contributed by atoms with Crippen molar-refractivity contribution < 1.29 is 23.1 Å². The Bertz CT molecular complexity index is 526. The lowest BCUT2D eigenvalue weighted by Crippen LogP contribution is -2.38. The van der Waals surface area contributed by atoms with Gasteiger partial charge < -0.3 is 9.84 Å². The van der Waals surface area contributed by atoms with Gasteiger partial charge in [-0.1, -0.05) is 6.07 Å². The molecule has 0 spiro atoms. The normalized spacial score (nSPS) is 13.0. The van der Waals surface area contributed by atoms with E-state index in [9.17, 15) is 13.2 Å². The van der Waals surface area contributed by atoms with Crippen LogP contribution in [0, 0.1) is 0 Å². The van der Waals surface area contributed by atoms with E-state index in [1.54, 1.807) is 13.0 Å². The number of benzene rings is 1. The summed E-state index contributed by atoms with van der Waals surface area (Å²) in [5.41, 5.74) is 0. The lowest BCUT2D eigenvalue weighted by atomic mass is 10.3. The van der Waals surface area contributed by atoms with Gasteiger partial charge in [0.1, 0.15) is 11.8 Å². The molecule has 0 saturated carbocycles. The number of carbonyl (C=O) groups is 1. The minimum absolute atomic E-state index is 0.0263. The van der Waals surface area contributed by atoms with E-state index in [-0.39, 0.29) is 4.90 Å². The standard InChI is InChI=1S/C11H15NO5S/c1-3-17-9-5-4-6-10(7-9)18(15,16)12-8(2)11(13)14/h4-8,12H,3H2,1-2H3,(H,13,14)/t8-/m1/s1. The molecule has 1 aromatic rings. The molecule has 0 aliphatic carbocycles. The van der Waals surface area contributed by atoms with Crippen molar-refractivity contribution in [3.8, 4) is 5.75 Å². The molecule has 1 aromatic carbocycles. The zero-order valence-corrected chi connectivity index (χ0v) is 10.9. The van der Waals surface area contributed by atoms with Crippen LogP contribution in [0.25, 0.3) is 0 Å². The molecule has 0 radical (unpaired) electrons. The number of carboxylic acid groups (broad SMARTS) is 1. The van der Waals surface area contributed by atoms with E-state index in [4.69, 9.17) is 9.84 Å². The lowest BCUT2D eigenvalue weighted by Gasteiger charge is -2.11. The Morgan fingerprint density at radius 3 is 2.72 bits per heavy atom. The van der Waals surface area contributed by atoms with Gasteiger partial charge >= 0.3 is 5.97 Å². The maximum absolute atomic E-state index is 11.9. The molecule has 100 valence electrons. The quantitative estimate of drug-likeness (QED) is 0.801. The first-order valence-corrected chi connectivity index (χ1v) is 6.83. The number of nitrogens with one attached hydrogen (secondary N) is 1. The highest BCUT2D eigenvalue weighted by Gasteiger charge is 2.21. The number of hydrogen-bond donors (Lipinski definition) is 2. The second kappa shape index (κ2) is 5.83. The second-order valence-electron chi connectivity index (χ2n) is 3.59. The van der Waals surface area contributed by atoms with Gasteiger partial charge in [-0.15, -0.1) is 0 Å². The van der Waals surface area contributed by atoms with Gasteiger partial charge in [-0.2, -0.15) is 4.72 Å². The van der Waals surface area contributed by atoms with Crippen LogP contribution in [-0.2, 0) is 14.8 Å². The van der Waals surface area contributed by atoms with Crippen LogP contribution in [0.5, 0.6) is 5.75 Å². The highest BCUT2D eigenvalue weighted by molar-refractivity contribution is 7.89. The molecule has 0 aliphatic heterocycles. The Morgan fingerprint density at radius 1 is 1.50 bits per heavy atom. The van der Waals surface area contributed by atoms with E-state index < -0.39 is 22.0 Å². The molecule has 0 aliphatic rings. The third-order valence-electron chi connectivity index (χ3n) is 2.13. The molecule has 1 rings (SSSR count). The zero-order valence-electron chi connectivity index (χ0n) is 10.1. The highest BCUT2D eigenvalue weighted by Crippen LogP contribution is 2.17. The number of hydrogen-bond acceptors (Lipinski definition) is 4. The molecule has 7 heteroatoms. The third-order valence-corrected chi connectivity index (χ3v) is 3.67. The first-order chi connectivity index (χ1) is 8.36. The molecule has 0 saturated heterocycles. The van der Waals surface area contributed by atoms with Crippen LogP contribution in [-0.4, -0.2) is 32.1 Å². The Balaban J connectivity index is 2.97. The predicted molar refractivity (Wildman–Crippen MR) is 65.0 cm³/mol. The summed E-state index contributed by atoms with van der Waals surface area (Å²) in [5, 5.41) is 8.68. The van der Waals surface area contributed by atoms with Gasteiger partial charge in [0, 0.05) is 6.07 Å². The summed E-state index contributed by atoms with van der Waals surface area (Å²) >= 11 is 0. The minimum atomic E-state index is -3.86. The molecule has 0 fully saturated rings. The maximum atomic E-state index is 11.9. The van der Waals surface area contributed by atoms with E-state index in [1.807, 2.05) is 0 Å². The molecule has 0 amide bonds. The molecule has 1 atom stereocenters. The average molecular weight is 273 g/mol. The Kier molecular flexibility index (Phi) is 4.69. The molecule has 0 bridgehead atoms.